The molecule has 1 radical (unpaired) electrons. The lowest BCUT2D eigenvalue weighted by Gasteiger charge is -2.01. The zero-order valence-corrected chi connectivity index (χ0v) is 9.42. The average molecular weight is 232 g/mol. The molecule has 89 valence electrons. The molecule has 0 aromatic carbocycles. The summed E-state index contributed by atoms with van der Waals surface area (Å²) in [6.45, 7) is 0. The summed E-state index contributed by atoms with van der Waals surface area (Å²) >= 11 is 0. The summed E-state index contributed by atoms with van der Waals surface area (Å²) in [6.07, 6.45) is 5.90. The molecule has 1 aromatic rings. The Kier molecular flexibility index (Phi) is 2.28. The van der Waals surface area contributed by atoms with Crippen molar-refractivity contribution in [1.29, 1.82) is 0 Å². The number of aromatic nitrogens is 2. The zero-order valence-electron chi connectivity index (χ0n) is 9.42. The number of hydrogen-bond acceptors (Lipinski definition) is 4. The van der Waals surface area contributed by atoms with Crippen LogP contribution in [0.25, 0.3) is 0 Å². The monoisotopic (exact) mass is 232 g/mol. The Hall–Kier alpha value is -1.98. The fraction of sp³-hybridized carbons (Fsp3) is 0.364. The average Bonchev–Trinajstić information content (AvgIpc) is 2.90. The number of rotatable bonds is 2. The molecular formula is C11H14N5O. The third-order valence-corrected chi connectivity index (χ3v) is 2.74. The lowest BCUT2D eigenvalue weighted by molar-refractivity contribution is 0.0971. The van der Waals surface area contributed by atoms with Crippen LogP contribution in [-0.2, 0) is 7.05 Å². The molecule has 0 saturated heterocycles. The van der Waals surface area contributed by atoms with Gasteiger partial charge in [-0.05, 0) is 24.8 Å². The first-order chi connectivity index (χ1) is 8.22. The number of carbonyl (C=O) groups excluding carboxylic acids is 1. The summed E-state index contributed by atoms with van der Waals surface area (Å²) in [6, 6.07) is 1.66. The summed E-state index contributed by atoms with van der Waals surface area (Å²) in [4.78, 5) is 11.8. The molecular weight excluding hydrogens is 218 g/mol. The fourth-order valence-corrected chi connectivity index (χ4v) is 1.67. The van der Waals surface area contributed by atoms with Crippen molar-refractivity contribution in [3.05, 3.63) is 24.4 Å². The number of aryl methyl sites for hydroxylation is 1. The number of hydrogen-bond donors (Lipinski definition) is 1. The van der Waals surface area contributed by atoms with Gasteiger partial charge >= 0.3 is 0 Å². The molecule has 1 aliphatic heterocycles. The highest BCUT2D eigenvalue weighted by Gasteiger charge is 2.31. The van der Waals surface area contributed by atoms with Gasteiger partial charge in [-0.3, -0.25) is 9.48 Å². The van der Waals surface area contributed by atoms with E-state index in [1.54, 1.807) is 24.0 Å². The Balaban J connectivity index is 0.00000120. The molecule has 1 saturated carbocycles. The standard InChI is InChI=1S/C11H12N5O.H2/c1-16-5-4-8(15-16)11(17)12-10-6-9(13-14-10)7-2-3-7;/h4-7H,2-3H2,1H3,(H,12,14,17);1H. The quantitative estimate of drug-likeness (QED) is 0.818. The highest BCUT2D eigenvalue weighted by atomic mass is 16.2. The van der Waals surface area contributed by atoms with Crippen LogP contribution in [0, 0.1) is 12.3 Å². The van der Waals surface area contributed by atoms with E-state index in [0.29, 0.717) is 17.4 Å². The van der Waals surface area contributed by atoms with Crippen molar-refractivity contribution in [2.45, 2.75) is 12.8 Å². The Labute approximate surface area is 99.9 Å². The van der Waals surface area contributed by atoms with Crippen LogP contribution in [0.1, 0.15) is 24.8 Å². The summed E-state index contributed by atoms with van der Waals surface area (Å²) in [5.74, 6) is 0.790. The minimum absolute atomic E-state index is 0. The van der Waals surface area contributed by atoms with Gasteiger partial charge in [-0.2, -0.15) is 10.2 Å². The first-order valence-electron chi connectivity index (χ1n) is 5.53. The van der Waals surface area contributed by atoms with Gasteiger partial charge in [0.15, 0.2) is 5.69 Å². The third-order valence-electron chi connectivity index (χ3n) is 2.74. The van der Waals surface area contributed by atoms with Gasteiger partial charge in [0.05, 0.1) is 12.1 Å². The number of carbonyl (C=O) groups is 1. The largest absolute Gasteiger partial charge is 0.307 e. The molecule has 1 aromatic heterocycles. The molecule has 2 aliphatic rings. The Morgan fingerprint density at radius 1 is 1.53 bits per heavy atom. The van der Waals surface area contributed by atoms with Crippen LogP contribution in [0.4, 0.5) is 0 Å². The van der Waals surface area contributed by atoms with Gasteiger partial charge < -0.3 is 5.32 Å². The maximum Gasteiger partial charge on any atom is 0.277 e. The van der Waals surface area contributed by atoms with Crippen LogP contribution in [0.3, 0.4) is 0 Å². The molecule has 6 heteroatoms. The maximum absolute atomic E-state index is 11.8. The highest BCUT2D eigenvalue weighted by Crippen LogP contribution is 2.32. The molecule has 1 fully saturated rings. The lowest BCUT2D eigenvalue weighted by Crippen LogP contribution is -2.31. The van der Waals surface area contributed by atoms with Crippen LogP contribution in [-0.4, -0.2) is 27.2 Å². The van der Waals surface area contributed by atoms with E-state index in [9.17, 15) is 4.79 Å². The highest BCUT2D eigenvalue weighted by molar-refractivity contribution is 6.22. The van der Waals surface area contributed by atoms with Crippen LogP contribution in [0.15, 0.2) is 22.5 Å². The summed E-state index contributed by atoms with van der Waals surface area (Å²) in [5.41, 5.74) is 1.35. The topological polar surface area (TPSA) is 71.6 Å². The Morgan fingerprint density at radius 3 is 3.00 bits per heavy atom. The van der Waals surface area contributed by atoms with E-state index in [-0.39, 0.29) is 7.33 Å². The van der Waals surface area contributed by atoms with E-state index < -0.39 is 0 Å². The maximum atomic E-state index is 11.8. The van der Waals surface area contributed by atoms with E-state index in [1.165, 1.54) is 12.8 Å². The van der Waals surface area contributed by atoms with Gasteiger partial charge in [0.25, 0.3) is 5.91 Å². The molecule has 1 aliphatic carbocycles. The minimum atomic E-state index is -0.257. The second-order valence-corrected chi connectivity index (χ2v) is 4.26. The van der Waals surface area contributed by atoms with Gasteiger partial charge in [0.2, 0.25) is 0 Å². The van der Waals surface area contributed by atoms with Crippen molar-refractivity contribution in [3.63, 3.8) is 0 Å². The summed E-state index contributed by atoms with van der Waals surface area (Å²) < 4.78 is 1.58. The molecule has 1 N–H and O–H groups in total. The van der Waals surface area contributed by atoms with Crippen LogP contribution < -0.4 is 5.32 Å². The first kappa shape index (κ1) is 10.2. The van der Waals surface area contributed by atoms with E-state index >= 15 is 0 Å². The van der Waals surface area contributed by atoms with E-state index in [2.05, 4.69) is 20.6 Å². The number of amides is 1. The molecule has 0 atom stereocenters. The second kappa shape index (κ2) is 3.80. The van der Waals surface area contributed by atoms with E-state index in [1.807, 2.05) is 6.42 Å². The zero-order chi connectivity index (χ0) is 11.8. The van der Waals surface area contributed by atoms with Crippen molar-refractivity contribution < 1.29 is 6.22 Å². The predicted molar refractivity (Wildman–Crippen MR) is 64.7 cm³/mol. The smallest absolute Gasteiger partial charge is 0.277 e. The van der Waals surface area contributed by atoms with Gasteiger partial charge in [-0.25, -0.2) is 0 Å². The van der Waals surface area contributed by atoms with Crippen molar-refractivity contribution in [2.24, 2.45) is 23.2 Å². The summed E-state index contributed by atoms with van der Waals surface area (Å²) in [7, 11) is 1.77. The SMILES string of the molecule is Cn1ccc(C(=O)NC2=NN=C(C3CC3)[CH]2)n1.[HH]. The molecule has 0 spiro atoms. The van der Waals surface area contributed by atoms with Crippen molar-refractivity contribution in [2.75, 3.05) is 0 Å². The van der Waals surface area contributed by atoms with Crippen molar-refractivity contribution >= 4 is 17.5 Å². The predicted octanol–water partition coefficient (Wildman–Crippen LogP) is 0.778. The van der Waals surface area contributed by atoms with Crippen molar-refractivity contribution in [1.82, 2.24) is 15.1 Å². The second-order valence-electron chi connectivity index (χ2n) is 4.26. The molecule has 0 bridgehead atoms. The van der Waals surface area contributed by atoms with Crippen LogP contribution >= 0.6 is 0 Å². The molecule has 1 amide bonds. The molecule has 6 nitrogen and oxygen atoms in total. The van der Waals surface area contributed by atoms with E-state index in [4.69, 9.17) is 0 Å². The van der Waals surface area contributed by atoms with Gasteiger partial charge in [0, 0.05) is 14.7 Å². The van der Waals surface area contributed by atoms with Gasteiger partial charge in [0.1, 0.15) is 5.84 Å². The number of nitrogens with one attached hydrogen (secondary N) is 1. The number of nitrogens with zero attached hydrogens (tertiary/aromatic N) is 4. The normalized spacial score (nSPS) is 18.9. The fourth-order valence-electron chi connectivity index (χ4n) is 1.67. The molecule has 3 rings (SSSR count). The Morgan fingerprint density at radius 2 is 2.35 bits per heavy atom. The molecule has 0 unspecified atom stereocenters. The van der Waals surface area contributed by atoms with Crippen LogP contribution in [0.5, 0.6) is 0 Å². The van der Waals surface area contributed by atoms with Crippen LogP contribution in [0.2, 0.25) is 0 Å². The third kappa shape index (κ3) is 2.11. The van der Waals surface area contributed by atoms with Gasteiger partial charge in [-0.1, -0.05) is 0 Å². The molecule has 17 heavy (non-hydrogen) atoms. The van der Waals surface area contributed by atoms with Gasteiger partial charge in [-0.15, -0.1) is 5.10 Å². The first-order valence-corrected chi connectivity index (χ1v) is 5.53. The lowest BCUT2D eigenvalue weighted by atomic mass is 10.2. The minimum Gasteiger partial charge on any atom is -0.307 e. The van der Waals surface area contributed by atoms with E-state index in [0.717, 1.165) is 5.71 Å². The summed E-state index contributed by atoms with van der Waals surface area (Å²) in [5, 5.41) is 14.7. The Bertz CT molecular complexity index is 529. The molecule has 2 heterocycles. The number of amidine groups is 1. The van der Waals surface area contributed by atoms with Crippen molar-refractivity contribution in [3.8, 4) is 0 Å².